The zero-order valence-corrected chi connectivity index (χ0v) is 25.7. The van der Waals surface area contributed by atoms with Crippen LogP contribution in [0.1, 0.15) is 101 Å². The van der Waals surface area contributed by atoms with Crippen LogP contribution in [0.15, 0.2) is 39.9 Å². The van der Waals surface area contributed by atoms with Gasteiger partial charge in [-0.3, -0.25) is 9.59 Å². The van der Waals surface area contributed by atoms with E-state index >= 15 is 0 Å². The maximum absolute atomic E-state index is 13.1. The van der Waals surface area contributed by atoms with Crippen molar-refractivity contribution >= 4 is 5.69 Å². The number of hydrogen-bond donors (Lipinski definition) is 1. The number of anilines is 1. The lowest BCUT2D eigenvalue weighted by Gasteiger charge is -2.39. The Balaban J connectivity index is 1.46. The molecule has 2 aliphatic rings. The average Bonchev–Trinajstić information content (AvgIpc) is 3.01. The number of ether oxygens (including phenoxy) is 2. The molecule has 0 bridgehead atoms. The Hall–Kier alpha value is -2.02. The van der Waals surface area contributed by atoms with Crippen LogP contribution in [0.4, 0.5) is 5.69 Å². The van der Waals surface area contributed by atoms with Gasteiger partial charge in [0.15, 0.2) is 0 Å². The van der Waals surface area contributed by atoms with Crippen LogP contribution in [0.3, 0.4) is 0 Å². The minimum absolute atomic E-state index is 0.0304. The van der Waals surface area contributed by atoms with Crippen molar-refractivity contribution in [2.75, 3.05) is 51.4 Å². The Morgan fingerprint density at radius 2 is 1.76 bits per heavy atom. The molecule has 4 rings (SSSR count). The lowest BCUT2D eigenvalue weighted by Crippen LogP contribution is -2.49. The zero-order valence-electron chi connectivity index (χ0n) is 25.7. The zero-order chi connectivity index (χ0) is 28.9. The van der Waals surface area contributed by atoms with E-state index in [-0.39, 0.29) is 22.9 Å². The molecular weight excluding hydrogens is 512 g/mol. The smallest absolute Gasteiger partial charge is 0.249 e. The first-order valence-electron chi connectivity index (χ1n) is 16.6. The maximum Gasteiger partial charge on any atom is 0.249 e. The van der Waals surface area contributed by atoms with E-state index in [1.807, 2.05) is 6.07 Å². The average molecular weight is 567 g/mol. The first-order valence-corrected chi connectivity index (χ1v) is 16.6. The normalized spacial score (nSPS) is 20.0. The van der Waals surface area contributed by atoms with E-state index in [2.05, 4.69) is 41.4 Å². The third kappa shape index (κ3) is 9.23. The SMILES string of the molecule is CCCCCNC[C@@H](Cc1c(N2CCC[C@@H]([C@@H](OCCCOC)c3ccccc3)C2)c(=O)c1=O)CC1CCCCC1. The molecule has 1 saturated heterocycles. The maximum atomic E-state index is 13.1. The second kappa shape index (κ2) is 17.2. The van der Waals surface area contributed by atoms with Crippen molar-refractivity contribution in [1.29, 1.82) is 0 Å². The van der Waals surface area contributed by atoms with Crippen molar-refractivity contribution in [1.82, 2.24) is 5.32 Å². The minimum Gasteiger partial charge on any atom is -0.385 e. The molecule has 6 heteroatoms. The van der Waals surface area contributed by atoms with Gasteiger partial charge in [-0.05, 0) is 69.0 Å². The standard InChI is InChI=1S/C35H54N2O4/c1-3-4-11-19-36-25-28(23-27-14-7-5-8-15-27)24-31-32(34(39)33(31)38)37-20-12-18-30(26-37)35(41-22-13-21-40-2)29-16-9-6-10-17-29/h6,9-10,16-17,27-28,30,35-36H,3-5,7-8,11-15,18-26H2,1-2H3/t28-,30-,35+/m1/s1. The van der Waals surface area contributed by atoms with Gasteiger partial charge in [0.2, 0.25) is 10.9 Å². The molecule has 0 unspecified atom stereocenters. The van der Waals surface area contributed by atoms with Crippen LogP contribution in [0, 0.1) is 17.8 Å². The lowest BCUT2D eigenvalue weighted by atomic mass is 9.80. The van der Waals surface area contributed by atoms with Gasteiger partial charge in [0.05, 0.1) is 11.8 Å². The summed E-state index contributed by atoms with van der Waals surface area (Å²) in [5.74, 6) is 1.43. The van der Waals surface area contributed by atoms with E-state index in [9.17, 15) is 9.59 Å². The number of rotatable bonds is 18. The molecule has 2 fully saturated rings. The molecule has 1 aliphatic carbocycles. The summed E-state index contributed by atoms with van der Waals surface area (Å²) in [4.78, 5) is 28.3. The minimum atomic E-state index is -0.273. The summed E-state index contributed by atoms with van der Waals surface area (Å²) < 4.78 is 11.7. The van der Waals surface area contributed by atoms with E-state index in [4.69, 9.17) is 9.47 Å². The summed E-state index contributed by atoms with van der Waals surface area (Å²) in [6.45, 7) is 7.12. The highest BCUT2D eigenvalue weighted by Gasteiger charge is 2.34. The van der Waals surface area contributed by atoms with Crippen LogP contribution < -0.4 is 21.1 Å². The highest BCUT2D eigenvalue weighted by molar-refractivity contribution is 5.59. The van der Waals surface area contributed by atoms with Gasteiger partial charge < -0.3 is 19.7 Å². The van der Waals surface area contributed by atoms with E-state index in [1.54, 1.807) is 7.11 Å². The van der Waals surface area contributed by atoms with Crippen LogP contribution in [0.5, 0.6) is 0 Å². The van der Waals surface area contributed by atoms with Crippen molar-refractivity contribution in [3.63, 3.8) is 0 Å². The molecule has 1 heterocycles. The van der Waals surface area contributed by atoms with E-state index in [1.165, 1.54) is 56.9 Å². The third-order valence-corrected chi connectivity index (χ3v) is 9.38. The van der Waals surface area contributed by atoms with Gasteiger partial charge in [-0.25, -0.2) is 0 Å². The number of nitrogens with one attached hydrogen (secondary N) is 1. The summed E-state index contributed by atoms with van der Waals surface area (Å²) in [6, 6.07) is 10.5. The van der Waals surface area contributed by atoms with Crippen molar-refractivity contribution in [3.05, 3.63) is 61.9 Å². The van der Waals surface area contributed by atoms with E-state index in [0.717, 1.165) is 69.8 Å². The number of unbranched alkanes of at least 4 members (excludes halogenated alkanes) is 2. The Bertz CT molecular complexity index is 1070. The lowest BCUT2D eigenvalue weighted by molar-refractivity contribution is -0.00238. The van der Waals surface area contributed by atoms with Gasteiger partial charge in [0.1, 0.15) is 0 Å². The fourth-order valence-electron chi connectivity index (χ4n) is 7.20. The summed E-state index contributed by atoms with van der Waals surface area (Å²) >= 11 is 0. The van der Waals surface area contributed by atoms with Gasteiger partial charge in [-0.15, -0.1) is 0 Å². The Labute approximate surface area is 247 Å². The third-order valence-electron chi connectivity index (χ3n) is 9.38. The quantitative estimate of drug-likeness (QED) is 0.171. The molecule has 0 amide bonds. The molecule has 1 saturated carbocycles. The summed E-state index contributed by atoms with van der Waals surface area (Å²) in [6.07, 6.45) is 15.1. The van der Waals surface area contributed by atoms with Crippen molar-refractivity contribution in [2.24, 2.45) is 17.8 Å². The van der Waals surface area contributed by atoms with E-state index in [0.29, 0.717) is 24.8 Å². The van der Waals surface area contributed by atoms with Crippen LogP contribution >= 0.6 is 0 Å². The topological polar surface area (TPSA) is 67.9 Å². The molecule has 1 aliphatic heterocycles. The Morgan fingerprint density at radius 3 is 2.51 bits per heavy atom. The van der Waals surface area contributed by atoms with Gasteiger partial charge in [-0.2, -0.15) is 0 Å². The molecule has 3 atom stereocenters. The molecule has 0 aromatic heterocycles. The number of methoxy groups -OCH3 is 1. The highest BCUT2D eigenvalue weighted by atomic mass is 16.5. The fourth-order valence-corrected chi connectivity index (χ4v) is 7.20. The Morgan fingerprint density at radius 1 is 0.951 bits per heavy atom. The molecule has 228 valence electrons. The first-order chi connectivity index (χ1) is 20.1. The van der Waals surface area contributed by atoms with Crippen LogP contribution in [0.25, 0.3) is 0 Å². The fraction of sp³-hybridized carbons (Fsp3) is 0.714. The number of hydrogen-bond acceptors (Lipinski definition) is 6. The number of benzene rings is 1. The monoisotopic (exact) mass is 566 g/mol. The largest absolute Gasteiger partial charge is 0.385 e. The summed E-state index contributed by atoms with van der Waals surface area (Å²) in [7, 11) is 1.72. The number of nitrogens with zero attached hydrogens (tertiary/aromatic N) is 1. The predicted molar refractivity (Wildman–Crippen MR) is 169 cm³/mol. The molecule has 1 N–H and O–H groups in total. The van der Waals surface area contributed by atoms with Crippen LogP contribution in [-0.2, 0) is 15.9 Å². The molecule has 2 aromatic rings. The molecule has 2 aromatic carbocycles. The van der Waals surface area contributed by atoms with Gasteiger partial charge in [-0.1, -0.05) is 82.2 Å². The second-order valence-electron chi connectivity index (χ2n) is 12.6. The van der Waals surface area contributed by atoms with Gasteiger partial charge in [0.25, 0.3) is 0 Å². The number of piperidine rings is 1. The van der Waals surface area contributed by atoms with E-state index < -0.39 is 0 Å². The summed E-state index contributed by atoms with van der Waals surface area (Å²) in [5.41, 5.74) is 2.18. The summed E-state index contributed by atoms with van der Waals surface area (Å²) in [5, 5.41) is 3.69. The molecule has 0 spiro atoms. The molecule has 0 radical (unpaired) electrons. The van der Waals surface area contributed by atoms with Gasteiger partial charge >= 0.3 is 0 Å². The Kier molecular flexibility index (Phi) is 13.4. The first kappa shape index (κ1) is 31.9. The second-order valence-corrected chi connectivity index (χ2v) is 12.6. The molecular formula is C35H54N2O4. The van der Waals surface area contributed by atoms with Crippen molar-refractivity contribution in [3.8, 4) is 0 Å². The van der Waals surface area contributed by atoms with Crippen molar-refractivity contribution in [2.45, 2.75) is 96.5 Å². The van der Waals surface area contributed by atoms with Crippen LogP contribution in [0.2, 0.25) is 0 Å². The van der Waals surface area contributed by atoms with Gasteiger partial charge in [0, 0.05) is 44.9 Å². The van der Waals surface area contributed by atoms with Crippen molar-refractivity contribution < 1.29 is 9.47 Å². The molecule has 6 nitrogen and oxygen atoms in total. The molecule has 41 heavy (non-hydrogen) atoms. The van der Waals surface area contributed by atoms with Crippen LogP contribution in [-0.4, -0.2) is 46.5 Å². The predicted octanol–water partition coefficient (Wildman–Crippen LogP) is 6.20. The highest BCUT2D eigenvalue weighted by Crippen LogP contribution is 2.36.